The highest BCUT2D eigenvalue weighted by atomic mass is 35.5. The second-order valence-electron chi connectivity index (χ2n) is 3.92. The predicted octanol–water partition coefficient (Wildman–Crippen LogP) is 4.18. The number of aryl methyl sites for hydroxylation is 1. The van der Waals surface area contributed by atoms with E-state index in [1.807, 2.05) is 12.5 Å². The largest absolute Gasteiger partial charge is 0.250 e. The van der Waals surface area contributed by atoms with Crippen molar-refractivity contribution in [3.8, 4) is 0 Å². The van der Waals surface area contributed by atoms with E-state index in [2.05, 4.69) is 33.2 Å². The van der Waals surface area contributed by atoms with Gasteiger partial charge in [0.05, 0.1) is 11.2 Å². The highest BCUT2D eigenvalue weighted by molar-refractivity contribution is 8.28. The molecule has 0 spiro atoms. The number of thiol groups is 1. The fraction of sp³-hybridized carbons (Fsp3) is 0.0833. The maximum Gasteiger partial charge on any atom is 0.179 e. The molecule has 0 aliphatic carbocycles. The van der Waals surface area contributed by atoms with Gasteiger partial charge in [-0.2, -0.15) is 0 Å². The summed E-state index contributed by atoms with van der Waals surface area (Å²) in [4.78, 5) is 14.1. The average molecular weight is 298 g/mol. The minimum absolute atomic E-state index is 0.362. The maximum atomic E-state index is 5.91. The number of hydrogen-bond acceptors (Lipinski definition) is 3. The Hall–Kier alpha value is -1.10. The van der Waals surface area contributed by atoms with Crippen LogP contribution in [0, 0.1) is 6.92 Å². The van der Waals surface area contributed by atoms with Crippen molar-refractivity contribution >= 4 is 45.3 Å². The standard InChI is InChI=1S/C12H9Cl2N3S/c1-7-2-3-9-8(4-7)15-6-18(9)12-16-10(13)5-11(14)17-12/h2-6,18H,1H3. The van der Waals surface area contributed by atoms with Crippen molar-refractivity contribution in [2.75, 3.05) is 0 Å². The number of fused-ring (bicyclic) bond motifs is 1. The van der Waals surface area contributed by atoms with Gasteiger partial charge in [-0.3, -0.25) is 0 Å². The first-order chi connectivity index (χ1) is 8.63. The van der Waals surface area contributed by atoms with Crippen molar-refractivity contribution in [2.24, 2.45) is 4.99 Å². The van der Waals surface area contributed by atoms with Gasteiger partial charge in [-0.25, -0.2) is 15.0 Å². The highest BCUT2D eigenvalue weighted by Gasteiger charge is 2.20. The van der Waals surface area contributed by atoms with Crippen molar-refractivity contribution < 1.29 is 0 Å². The third-order valence-corrected chi connectivity index (χ3v) is 4.83. The van der Waals surface area contributed by atoms with Crippen LogP contribution in [0.1, 0.15) is 5.56 Å². The van der Waals surface area contributed by atoms with Crippen LogP contribution in [-0.4, -0.2) is 15.5 Å². The zero-order valence-electron chi connectivity index (χ0n) is 9.43. The number of aliphatic imine (C=N–C) groups is 1. The molecule has 0 saturated heterocycles. The number of rotatable bonds is 1. The Morgan fingerprint density at radius 3 is 2.50 bits per heavy atom. The molecule has 0 bridgehead atoms. The summed E-state index contributed by atoms with van der Waals surface area (Å²) in [6, 6.07) is 7.72. The second-order valence-corrected chi connectivity index (χ2v) is 6.55. The summed E-state index contributed by atoms with van der Waals surface area (Å²) in [5.74, 6) is 0. The molecule has 1 aromatic carbocycles. The average Bonchev–Trinajstić information content (AvgIpc) is 2.70. The van der Waals surface area contributed by atoms with E-state index in [0.717, 1.165) is 10.6 Å². The van der Waals surface area contributed by atoms with Gasteiger partial charge < -0.3 is 0 Å². The lowest BCUT2D eigenvalue weighted by Gasteiger charge is -2.12. The van der Waals surface area contributed by atoms with Crippen LogP contribution < -0.4 is 0 Å². The molecule has 1 aliphatic heterocycles. The van der Waals surface area contributed by atoms with Crippen LogP contribution in [0.3, 0.4) is 0 Å². The van der Waals surface area contributed by atoms with Crippen molar-refractivity contribution in [2.45, 2.75) is 17.0 Å². The highest BCUT2D eigenvalue weighted by Crippen LogP contribution is 2.50. The van der Waals surface area contributed by atoms with Gasteiger partial charge in [-0.1, -0.05) is 29.3 Å². The van der Waals surface area contributed by atoms with Crippen LogP contribution in [0.15, 0.2) is 39.3 Å². The molecule has 0 radical (unpaired) electrons. The Balaban J connectivity index is 2.09. The zero-order valence-corrected chi connectivity index (χ0v) is 11.8. The second kappa shape index (κ2) is 4.53. The molecule has 0 saturated carbocycles. The smallest absolute Gasteiger partial charge is 0.179 e. The lowest BCUT2D eigenvalue weighted by Crippen LogP contribution is -1.93. The Kier molecular flexibility index (Phi) is 3.01. The maximum absolute atomic E-state index is 5.91. The van der Waals surface area contributed by atoms with Gasteiger partial charge in [0.2, 0.25) is 0 Å². The molecule has 2 heterocycles. The van der Waals surface area contributed by atoms with Crippen molar-refractivity contribution in [1.29, 1.82) is 0 Å². The number of halogens is 2. The summed E-state index contributed by atoms with van der Waals surface area (Å²) in [6.07, 6.45) is 0. The summed E-state index contributed by atoms with van der Waals surface area (Å²) >= 11 is 11.8. The fourth-order valence-electron chi connectivity index (χ4n) is 1.77. The molecule has 92 valence electrons. The first-order valence-electron chi connectivity index (χ1n) is 5.27. The van der Waals surface area contributed by atoms with Crippen LogP contribution in [0.5, 0.6) is 0 Å². The van der Waals surface area contributed by atoms with E-state index in [4.69, 9.17) is 23.2 Å². The third kappa shape index (κ3) is 2.11. The normalized spacial score (nSPS) is 18.9. The van der Waals surface area contributed by atoms with Crippen LogP contribution in [0.4, 0.5) is 5.69 Å². The summed E-state index contributed by atoms with van der Waals surface area (Å²) in [6.45, 7) is 2.04. The molecule has 18 heavy (non-hydrogen) atoms. The first-order valence-corrected chi connectivity index (χ1v) is 7.44. The van der Waals surface area contributed by atoms with E-state index < -0.39 is 10.9 Å². The van der Waals surface area contributed by atoms with Gasteiger partial charge in [0.25, 0.3) is 0 Å². The van der Waals surface area contributed by atoms with Gasteiger partial charge in [-0.05, 0) is 24.6 Å². The predicted molar refractivity (Wildman–Crippen MR) is 76.9 cm³/mol. The zero-order chi connectivity index (χ0) is 12.7. The SMILES string of the molecule is Cc1ccc2c(c1)N=C[SH]2c1nc(Cl)cc(Cl)n1. The van der Waals surface area contributed by atoms with Gasteiger partial charge in [0.1, 0.15) is 10.3 Å². The Labute approximate surface area is 117 Å². The molecule has 1 aliphatic rings. The molecule has 1 unspecified atom stereocenters. The monoisotopic (exact) mass is 297 g/mol. The number of hydrogen-bond donors (Lipinski definition) is 1. The molecule has 0 amide bonds. The molecule has 6 heteroatoms. The summed E-state index contributed by atoms with van der Waals surface area (Å²) in [5.41, 5.74) is 4.06. The Morgan fingerprint density at radius 2 is 1.78 bits per heavy atom. The van der Waals surface area contributed by atoms with Gasteiger partial charge in [-0.15, -0.1) is 10.9 Å². The number of aromatic nitrogens is 2. The summed E-state index contributed by atoms with van der Waals surface area (Å²) in [5, 5.41) is 1.37. The first kappa shape index (κ1) is 12.0. The summed E-state index contributed by atoms with van der Waals surface area (Å²) < 4.78 is 0. The van der Waals surface area contributed by atoms with E-state index >= 15 is 0 Å². The van der Waals surface area contributed by atoms with E-state index in [1.165, 1.54) is 11.6 Å². The Morgan fingerprint density at radius 1 is 1.06 bits per heavy atom. The van der Waals surface area contributed by atoms with Gasteiger partial charge in [0.15, 0.2) is 5.16 Å². The summed E-state index contributed by atoms with van der Waals surface area (Å²) in [7, 11) is -0.784. The van der Waals surface area contributed by atoms with E-state index in [-0.39, 0.29) is 0 Å². The lowest BCUT2D eigenvalue weighted by atomic mass is 10.2. The molecular weight excluding hydrogens is 289 g/mol. The molecule has 1 aromatic heterocycles. The van der Waals surface area contributed by atoms with Crippen molar-refractivity contribution in [3.63, 3.8) is 0 Å². The Bertz CT molecular complexity index is 638. The molecule has 0 N–H and O–H groups in total. The molecule has 0 fully saturated rings. The molecule has 2 aromatic rings. The topological polar surface area (TPSA) is 38.1 Å². The van der Waals surface area contributed by atoms with Crippen LogP contribution >= 0.6 is 34.1 Å². The third-order valence-electron chi connectivity index (χ3n) is 2.57. The minimum Gasteiger partial charge on any atom is -0.250 e. The van der Waals surface area contributed by atoms with Crippen molar-refractivity contribution in [1.82, 2.24) is 9.97 Å². The van der Waals surface area contributed by atoms with Gasteiger partial charge >= 0.3 is 0 Å². The van der Waals surface area contributed by atoms with E-state index in [0.29, 0.717) is 15.5 Å². The van der Waals surface area contributed by atoms with Crippen molar-refractivity contribution in [3.05, 3.63) is 40.1 Å². The molecule has 3 nitrogen and oxygen atoms in total. The number of benzene rings is 1. The van der Waals surface area contributed by atoms with Gasteiger partial charge in [0, 0.05) is 11.0 Å². The molecule has 3 rings (SSSR count). The molecule has 1 atom stereocenters. The minimum atomic E-state index is -0.784. The molecular formula is C12H9Cl2N3S. The quantitative estimate of drug-likeness (QED) is 0.487. The van der Waals surface area contributed by atoms with Crippen LogP contribution in [0.2, 0.25) is 10.3 Å². The van der Waals surface area contributed by atoms with Crippen LogP contribution in [0.25, 0.3) is 0 Å². The lowest BCUT2D eigenvalue weighted by molar-refractivity contribution is 0.966. The fourth-order valence-corrected chi connectivity index (χ4v) is 4.03. The number of nitrogens with zero attached hydrogens (tertiary/aromatic N) is 3. The van der Waals surface area contributed by atoms with Crippen LogP contribution in [-0.2, 0) is 0 Å². The van der Waals surface area contributed by atoms with E-state index in [1.54, 1.807) is 0 Å². The van der Waals surface area contributed by atoms with E-state index in [9.17, 15) is 0 Å².